The first-order chi connectivity index (χ1) is 9.03. The van der Waals surface area contributed by atoms with E-state index in [1.54, 1.807) is 11.9 Å². The summed E-state index contributed by atoms with van der Waals surface area (Å²) in [6.45, 7) is 1.12. The third kappa shape index (κ3) is 3.18. The van der Waals surface area contributed by atoms with E-state index in [2.05, 4.69) is 5.32 Å². The number of nitrogens with zero attached hydrogens (tertiary/aromatic N) is 1. The summed E-state index contributed by atoms with van der Waals surface area (Å²) in [6, 6.07) is -0.320. The van der Waals surface area contributed by atoms with Crippen LogP contribution in [0.5, 0.6) is 0 Å². The lowest BCUT2D eigenvalue weighted by molar-refractivity contribution is -0.144. The molecule has 2 fully saturated rings. The van der Waals surface area contributed by atoms with Gasteiger partial charge < -0.3 is 20.1 Å². The van der Waals surface area contributed by atoms with Crippen LogP contribution in [0.3, 0.4) is 0 Å². The van der Waals surface area contributed by atoms with Gasteiger partial charge in [-0.1, -0.05) is 12.8 Å². The molecule has 6 heteroatoms. The lowest BCUT2D eigenvalue weighted by Crippen LogP contribution is -2.58. The van der Waals surface area contributed by atoms with Crippen molar-refractivity contribution in [1.82, 2.24) is 10.2 Å². The molecule has 0 aromatic carbocycles. The normalized spacial score (nSPS) is 27.4. The fourth-order valence-electron chi connectivity index (χ4n) is 2.85. The molecule has 0 aromatic rings. The second-order valence-electron chi connectivity index (χ2n) is 5.65. The second kappa shape index (κ2) is 5.77. The Hall–Kier alpha value is -1.30. The quantitative estimate of drug-likeness (QED) is 0.800. The van der Waals surface area contributed by atoms with E-state index in [-0.39, 0.29) is 12.6 Å². The van der Waals surface area contributed by atoms with Gasteiger partial charge >= 0.3 is 12.0 Å². The summed E-state index contributed by atoms with van der Waals surface area (Å²) in [5.74, 6) is -0.469. The first-order valence-corrected chi connectivity index (χ1v) is 6.88. The SMILES string of the molecule is CN(CC1CCCC1)C(=O)NC1(C(=O)O)CCOC1. The first kappa shape index (κ1) is 14.1. The van der Waals surface area contributed by atoms with Crippen molar-refractivity contribution >= 4 is 12.0 Å². The minimum Gasteiger partial charge on any atom is -0.479 e. The summed E-state index contributed by atoms with van der Waals surface area (Å²) in [7, 11) is 1.72. The van der Waals surface area contributed by atoms with Gasteiger partial charge in [-0.25, -0.2) is 9.59 Å². The third-order valence-electron chi connectivity index (χ3n) is 4.13. The predicted octanol–water partition coefficient (Wildman–Crippen LogP) is 1.06. The zero-order chi connectivity index (χ0) is 13.9. The van der Waals surface area contributed by atoms with E-state index in [0.717, 1.165) is 12.8 Å². The predicted molar refractivity (Wildman–Crippen MR) is 68.9 cm³/mol. The highest BCUT2D eigenvalue weighted by molar-refractivity contribution is 5.86. The lowest BCUT2D eigenvalue weighted by Gasteiger charge is -2.28. The summed E-state index contributed by atoms with van der Waals surface area (Å²) >= 11 is 0. The Morgan fingerprint density at radius 1 is 1.42 bits per heavy atom. The number of carbonyl (C=O) groups excluding carboxylic acids is 1. The van der Waals surface area contributed by atoms with Crippen LogP contribution in [-0.2, 0) is 9.53 Å². The maximum absolute atomic E-state index is 12.1. The van der Waals surface area contributed by atoms with Crippen LogP contribution in [0, 0.1) is 5.92 Å². The highest BCUT2D eigenvalue weighted by atomic mass is 16.5. The molecule has 1 saturated heterocycles. The van der Waals surface area contributed by atoms with E-state index >= 15 is 0 Å². The van der Waals surface area contributed by atoms with Gasteiger partial charge in [-0.15, -0.1) is 0 Å². The van der Waals surface area contributed by atoms with E-state index in [4.69, 9.17) is 4.74 Å². The largest absolute Gasteiger partial charge is 0.479 e. The maximum Gasteiger partial charge on any atom is 0.332 e. The molecule has 0 aromatic heterocycles. The zero-order valence-corrected chi connectivity index (χ0v) is 11.4. The zero-order valence-electron chi connectivity index (χ0n) is 11.4. The van der Waals surface area contributed by atoms with Gasteiger partial charge in [-0.3, -0.25) is 0 Å². The van der Waals surface area contributed by atoms with Crippen molar-refractivity contribution in [3.8, 4) is 0 Å². The minimum atomic E-state index is -1.25. The van der Waals surface area contributed by atoms with Crippen molar-refractivity contribution in [2.24, 2.45) is 5.92 Å². The Morgan fingerprint density at radius 3 is 2.63 bits per heavy atom. The number of aliphatic carboxylic acids is 1. The molecule has 2 rings (SSSR count). The number of carboxylic acids is 1. The summed E-state index contributed by atoms with van der Waals surface area (Å²) < 4.78 is 5.12. The Morgan fingerprint density at radius 2 is 2.11 bits per heavy atom. The molecule has 19 heavy (non-hydrogen) atoms. The molecule has 0 radical (unpaired) electrons. The van der Waals surface area contributed by atoms with E-state index < -0.39 is 11.5 Å². The standard InChI is InChI=1S/C13H22N2O4/c1-15(8-10-4-2-3-5-10)12(18)14-13(11(16)17)6-7-19-9-13/h10H,2-9H2,1H3,(H,14,18)(H,16,17). The van der Waals surface area contributed by atoms with Crippen LogP contribution in [-0.4, -0.2) is 54.4 Å². The molecule has 1 aliphatic heterocycles. The molecule has 6 nitrogen and oxygen atoms in total. The van der Waals surface area contributed by atoms with Crippen molar-refractivity contribution in [3.05, 3.63) is 0 Å². The molecule has 2 N–H and O–H groups in total. The van der Waals surface area contributed by atoms with Crippen LogP contribution in [0.4, 0.5) is 4.79 Å². The Labute approximate surface area is 113 Å². The van der Waals surface area contributed by atoms with E-state index in [9.17, 15) is 14.7 Å². The number of nitrogens with one attached hydrogen (secondary N) is 1. The van der Waals surface area contributed by atoms with Gasteiger partial charge in [0.25, 0.3) is 0 Å². The maximum atomic E-state index is 12.1. The van der Waals surface area contributed by atoms with Gasteiger partial charge in [0.2, 0.25) is 0 Å². The Balaban J connectivity index is 1.89. The smallest absolute Gasteiger partial charge is 0.332 e. The highest BCUT2D eigenvalue weighted by Gasteiger charge is 2.44. The van der Waals surface area contributed by atoms with Crippen molar-refractivity contribution in [2.75, 3.05) is 26.8 Å². The molecule has 2 amide bonds. The average Bonchev–Trinajstić information content (AvgIpc) is 3.00. The van der Waals surface area contributed by atoms with Crippen molar-refractivity contribution in [1.29, 1.82) is 0 Å². The van der Waals surface area contributed by atoms with E-state index in [1.165, 1.54) is 12.8 Å². The fraction of sp³-hybridized carbons (Fsp3) is 0.846. The lowest BCUT2D eigenvalue weighted by atomic mass is 9.99. The summed E-state index contributed by atoms with van der Waals surface area (Å²) in [6.07, 6.45) is 5.10. The van der Waals surface area contributed by atoms with Crippen LogP contribution in [0.2, 0.25) is 0 Å². The number of carbonyl (C=O) groups is 2. The molecule has 1 saturated carbocycles. The van der Waals surface area contributed by atoms with Gasteiger partial charge in [0.05, 0.1) is 6.61 Å². The van der Waals surface area contributed by atoms with Gasteiger partial charge in [0.15, 0.2) is 5.54 Å². The monoisotopic (exact) mass is 270 g/mol. The minimum absolute atomic E-state index is 0.0470. The van der Waals surface area contributed by atoms with Crippen LogP contribution < -0.4 is 5.32 Å². The molecule has 108 valence electrons. The fourth-order valence-corrected chi connectivity index (χ4v) is 2.85. The molecule has 1 aliphatic carbocycles. The van der Waals surface area contributed by atoms with Crippen LogP contribution >= 0.6 is 0 Å². The van der Waals surface area contributed by atoms with Gasteiger partial charge in [-0.05, 0) is 18.8 Å². The Bertz CT molecular complexity index is 347. The van der Waals surface area contributed by atoms with Gasteiger partial charge in [-0.2, -0.15) is 0 Å². The van der Waals surface area contributed by atoms with Crippen LogP contribution in [0.1, 0.15) is 32.1 Å². The number of amides is 2. The molecule has 0 bridgehead atoms. The van der Waals surface area contributed by atoms with E-state index in [0.29, 0.717) is 25.5 Å². The molecule has 1 heterocycles. The highest BCUT2D eigenvalue weighted by Crippen LogP contribution is 2.25. The van der Waals surface area contributed by atoms with Crippen LogP contribution in [0.15, 0.2) is 0 Å². The van der Waals surface area contributed by atoms with Crippen molar-refractivity contribution in [2.45, 2.75) is 37.6 Å². The van der Waals surface area contributed by atoms with Gasteiger partial charge in [0.1, 0.15) is 0 Å². The molecule has 1 unspecified atom stereocenters. The molecule has 0 spiro atoms. The molecular weight excluding hydrogens is 248 g/mol. The third-order valence-corrected chi connectivity index (χ3v) is 4.13. The second-order valence-corrected chi connectivity index (χ2v) is 5.65. The topological polar surface area (TPSA) is 78.9 Å². The molecule has 2 aliphatic rings. The number of carboxylic acid groups (broad SMARTS) is 1. The Kier molecular flexibility index (Phi) is 4.29. The summed E-state index contributed by atoms with van der Waals surface area (Å²) in [5.41, 5.74) is -1.25. The van der Waals surface area contributed by atoms with Gasteiger partial charge in [0, 0.05) is 26.6 Å². The molecule has 1 atom stereocenters. The van der Waals surface area contributed by atoms with Crippen molar-refractivity contribution in [3.63, 3.8) is 0 Å². The number of ether oxygens (including phenoxy) is 1. The molecular formula is C13H22N2O4. The number of rotatable bonds is 4. The van der Waals surface area contributed by atoms with Crippen LogP contribution in [0.25, 0.3) is 0 Å². The average molecular weight is 270 g/mol. The first-order valence-electron chi connectivity index (χ1n) is 6.88. The number of urea groups is 1. The van der Waals surface area contributed by atoms with Crippen molar-refractivity contribution < 1.29 is 19.4 Å². The number of hydrogen-bond acceptors (Lipinski definition) is 3. The summed E-state index contributed by atoms with van der Waals surface area (Å²) in [5, 5.41) is 11.9. The summed E-state index contributed by atoms with van der Waals surface area (Å²) in [4.78, 5) is 25.0. The van der Waals surface area contributed by atoms with E-state index in [1.807, 2.05) is 0 Å². The number of hydrogen-bond donors (Lipinski definition) is 2.